The van der Waals surface area contributed by atoms with E-state index in [4.69, 9.17) is 4.74 Å². The van der Waals surface area contributed by atoms with Gasteiger partial charge in [-0.05, 0) is 24.6 Å². The zero-order valence-corrected chi connectivity index (χ0v) is 13.7. The highest BCUT2D eigenvalue weighted by Crippen LogP contribution is 2.12. The lowest BCUT2D eigenvalue weighted by molar-refractivity contribution is 0.414. The number of ether oxygens (including phenoxy) is 1. The summed E-state index contributed by atoms with van der Waals surface area (Å²) in [4.78, 5) is 7.55. The SMILES string of the molecule is COc1ccc(CNS(=O)(=O)C(C)Cc2ncc(F)cn2)cc1. The molecule has 1 unspecified atom stereocenters. The van der Waals surface area contributed by atoms with E-state index in [1.165, 1.54) is 0 Å². The molecular formula is C15H18FN3O3S. The van der Waals surface area contributed by atoms with Crippen LogP contribution in [0.1, 0.15) is 18.3 Å². The van der Waals surface area contributed by atoms with Crippen LogP contribution in [0, 0.1) is 5.82 Å². The molecule has 0 aliphatic heterocycles. The van der Waals surface area contributed by atoms with E-state index >= 15 is 0 Å². The predicted molar refractivity (Wildman–Crippen MR) is 83.9 cm³/mol. The fourth-order valence-electron chi connectivity index (χ4n) is 1.88. The van der Waals surface area contributed by atoms with Crippen LogP contribution in [0.25, 0.3) is 0 Å². The molecule has 1 aromatic heterocycles. The molecule has 1 atom stereocenters. The van der Waals surface area contributed by atoms with Gasteiger partial charge in [-0.2, -0.15) is 0 Å². The van der Waals surface area contributed by atoms with Crippen molar-refractivity contribution in [3.05, 3.63) is 53.9 Å². The molecule has 124 valence electrons. The van der Waals surface area contributed by atoms with Gasteiger partial charge in [-0.25, -0.2) is 27.5 Å². The van der Waals surface area contributed by atoms with Gasteiger partial charge >= 0.3 is 0 Å². The maximum atomic E-state index is 12.8. The first-order valence-corrected chi connectivity index (χ1v) is 8.53. The van der Waals surface area contributed by atoms with Crippen LogP contribution in [0.2, 0.25) is 0 Å². The lowest BCUT2D eigenvalue weighted by Gasteiger charge is -2.13. The van der Waals surface area contributed by atoms with E-state index in [1.807, 2.05) is 0 Å². The third-order valence-corrected chi connectivity index (χ3v) is 5.08. The standard InChI is InChI=1S/C15H18FN3O3S/c1-11(7-15-17-9-13(16)10-18-15)23(20,21)19-8-12-3-5-14(22-2)6-4-12/h3-6,9-11,19H,7-8H2,1-2H3. The maximum Gasteiger partial charge on any atom is 0.214 e. The molecule has 0 fully saturated rings. The molecule has 1 N–H and O–H groups in total. The van der Waals surface area contributed by atoms with Crippen molar-refractivity contribution in [1.29, 1.82) is 0 Å². The van der Waals surface area contributed by atoms with Crippen LogP contribution >= 0.6 is 0 Å². The molecule has 23 heavy (non-hydrogen) atoms. The quantitative estimate of drug-likeness (QED) is 0.830. The van der Waals surface area contributed by atoms with Crippen LogP contribution < -0.4 is 9.46 Å². The van der Waals surface area contributed by atoms with Gasteiger partial charge in [0.05, 0.1) is 24.8 Å². The highest BCUT2D eigenvalue weighted by atomic mass is 32.2. The van der Waals surface area contributed by atoms with Crippen LogP contribution in [-0.4, -0.2) is 30.7 Å². The zero-order valence-electron chi connectivity index (χ0n) is 12.9. The van der Waals surface area contributed by atoms with Gasteiger partial charge in [0.1, 0.15) is 11.6 Å². The highest BCUT2D eigenvalue weighted by Gasteiger charge is 2.21. The van der Waals surface area contributed by atoms with Crippen molar-refractivity contribution in [3.63, 3.8) is 0 Å². The minimum atomic E-state index is -3.54. The molecule has 0 aliphatic carbocycles. The van der Waals surface area contributed by atoms with Gasteiger partial charge in [-0.15, -0.1) is 0 Å². The van der Waals surface area contributed by atoms with Crippen molar-refractivity contribution >= 4 is 10.0 Å². The van der Waals surface area contributed by atoms with Crippen molar-refractivity contribution in [2.24, 2.45) is 0 Å². The number of hydrogen-bond donors (Lipinski definition) is 1. The van der Waals surface area contributed by atoms with Gasteiger partial charge in [0, 0.05) is 13.0 Å². The molecule has 1 aromatic carbocycles. The van der Waals surface area contributed by atoms with Gasteiger partial charge in [-0.3, -0.25) is 0 Å². The van der Waals surface area contributed by atoms with E-state index in [2.05, 4.69) is 14.7 Å². The van der Waals surface area contributed by atoms with Crippen LogP contribution in [0.5, 0.6) is 5.75 Å². The van der Waals surface area contributed by atoms with Crippen LogP contribution in [-0.2, 0) is 23.0 Å². The Morgan fingerprint density at radius 1 is 1.22 bits per heavy atom. The fourth-order valence-corrected chi connectivity index (χ4v) is 2.90. The van der Waals surface area contributed by atoms with Gasteiger partial charge in [0.15, 0.2) is 5.82 Å². The average Bonchev–Trinajstić information content (AvgIpc) is 2.55. The molecule has 6 nitrogen and oxygen atoms in total. The Balaban J connectivity index is 1.95. The summed E-state index contributed by atoms with van der Waals surface area (Å²) in [6.07, 6.45) is 2.15. The minimum Gasteiger partial charge on any atom is -0.497 e. The van der Waals surface area contributed by atoms with Crippen molar-refractivity contribution in [2.75, 3.05) is 7.11 Å². The Morgan fingerprint density at radius 2 is 1.83 bits per heavy atom. The molecule has 0 amide bonds. The number of rotatable bonds is 7. The summed E-state index contributed by atoms with van der Waals surface area (Å²) in [6.45, 7) is 1.74. The first kappa shape index (κ1) is 17.3. The topological polar surface area (TPSA) is 81.2 Å². The number of methoxy groups -OCH3 is 1. The average molecular weight is 339 g/mol. The summed E-state index contributed by atoms with van der Waals surface area (Å²) < 4.78 is 44.8. The maximum absolute atomic E-state index is 12.8. The van der Waals surface area contributed by atoms with E-state index in [1.54, 1.807) is 38.3 Å². The Kier molecular flexibility index (Phi) is 5.62. The third kappa shape index (κ3) is 4.97. The molecular weight excluding hydrogens is 321 g/mol. The van der Waals surface area contributed by atoms with Crippen molar-refractivity contribution in [2.45, 2.75) is 25.1 Å². The summed E-state index contributed by atoms with van der Waals surface area (Å²) in [5.41, 5.74) is 0.819. The molecule has 1 heterocycles. The van der Waals surface area contributed by atoms with Crippen molar-refractivity contribution < 1.29 is 17.5 Å². The van der Waals surface area contributed by atoms with Crippen molar-refractivity contribution in [3.8, 4) is 5.75 Å². The van der Waals surface area contributed by atoms with Gasteiger partial charge in [-0.1, -0.05) is 12.1 Å². The molecule has 0 aliphatic rings. The summed E-state index contributed by atoms with van der Waals surface area (Å²) >= 11 is 0. The van der Waals surface area contributed by atoms with Crippen LogP contribution in [0.3, 0.4) is 0 Å². The lowest BCUT2D eigenvalue weighted by Crippen LogP contribution is -2.33. The second kappa shape index (κ2) is 7.47. The number of aromatic nitrogens is 2. The Bertz CT molecular complexity index is 734. The molecule has 8 heteroatoms. The molecule has 2 rings (SSSR count). The monoisotopic (exact) mass is 339 g/mol. The smallest absolute Gasteiger partial charge is 0.214 e. The Labute approximate surface area is 134 Å². The number of nitrogens with one attached hydrogen (secondary N) is 1. The van der Waals surface area contributed by atoms with E-state index in [9.17, 15) is 12.8 Å². The number of benzene rings is 1. The predicted octanol–water partition coefficient (Wildman–Crippen LogP) is 1.67. The molecule has 2 aromatic rings. The highest BCUT2D eigenvalue weighted by molar-refractivity contribution is 7.90. The third-order valence-electron chi connectivity index (χ3n) is 3.31. The fraction of sp³-hybridized carbons (Fsp3) is 0.333. The van der Waals surface area contributed by atoms with E-state index in [0.717, 1.165) is 18.0 Å². The number of hydrogen-bond acceptors (Lipinski definition) is 5. The zero-order chi connectivity index (χ0) is 16.9. The molecule has 0 radical (unpaired) electrons. The van der Waals surface area contributed by atoms with Crippen LogP contribution in [0.4, 0.5) is 4.39 Å². The van der Waals surface area contributed by atoms with E-state index in [0.29, 0.717) is 5.75 Å². The largest absolute Gasteiger partial charge is 0.497 e. The van der Waals surface area contributed by atoms with E-state index < -0.39 is 21.1 Å². The lowest BCUT2D eigenvalue weighted by atomic mass is 10.2. The minimum absolute atomic E-state index is 0.109. The molecule has 0 saturated heterocycles. The van der Waals surface area contributed by atoms with Crippen molar-refractivity contribution in [1.82, 2.24) is 14.7 Å². The van der Waals surface area contributed by atoms with E-state index in [-0.39, 0.29) is 18.8 Å². The van der Waals surface area contributed by atoms with Gasteiger partial charge in [0.2, 0.25) is 10.0 Å². The summed E-state index contributed by atoms with van der Waals surface area (Å²) in [5, 5.41) is -0.730. The van der Waals surface area contributed by atoms with Crippen LogP contribution in [0.15, 0.2) is 36.7 Å². The number of sulfonamides is 1. The summed E-state index contributed by atoms with van der Waals surface area (Å²) in [7, 11) is -1.97. The first-order chi connectivity index (χ1) is 10.9. The van der Waals surface area contributed by atoms with Gasteiger partial charge < -0.3 is 4.74 Å². The number of halogens is 1. The molecule has 0 bridgehead atoms. The molecule has 0 saturated carbocycles. The van der Waals surface area contributed by atoms with Gasteiger partial charge in [0.25, 0.3) is 0 Å². The molecule has 0 spiro atoms. The Morgan fingerprint density at radius 3 is 2.39 bits per heavy atom. The second-order valence-corrected chi connectivity index (χ2v) is 7.23. The summed E-state index contributed by atoms with van der Waals surface area (Å²) in [5.74, 6) is 0.439. The second-order valence-electron chi connectivity index (χ2n) is 5.05. The number of nitrogens with zero attached hydrogens (tertiary/aromatic N) is 2. The first-order valence-electron chi connectivity index (χ1n) is 6.98. The Hall–Kier alpha value is -2.06. The summed E-state index contributed by atoms with van der Waals surface area (Å²) in [6, 6.07) is 7.10. The normalized spacial score (nSPS) is 12.8.